The Morgan fingerprint density at radius 2 is 2.21 bits per heavy atom. The van der Waals surface area contributed by atoms with Crippen molar-refractivity contribution in [3.05, 3.63) is 0 Å². The van der Waals surface area contributed by atoms with Crippen LogP contribution >= 0.6 is 0 Å². The summed E-state index contributed by atoms with van der Waals surface area (Å²) in [6.07, 6.45) is 5.32. The van der Waals surface area contributed by atoms with Crippen molar-refractivity contribution in [2.75, 3.05) is 0 Å². The van der Waals surface area contributed by atoms with E-state index in [1.807, 2.05) is 6.92 Å². The van der Waals surface area contributed by atoms with Gasteiger partial charge in [0.25, 0.3) is 0 Å². The highest BCUT2D eigenvalue weighted by Gasteiger charge is 2.40. The molecule has 0 aliphatic heterocycles. The number of hydrogen-bond donors (Lipinski definition) is 2. The number of amides is 2. The molecule has 78 valence electrons. The zero-order valence-corrected chi connectivity index (χ0v) is 8.49. The minimum absolute atomic E-state index is 0.576. The summed E-state index contributed by atoms with van der Waals surface area (Å²) in [5.41, 5.74) is 8.30. The van der Waals surface area contributed by atoms with Crippen molar-refractivity contribution in [3.63, 3.8) is 0 Å². The van der Waals surface area contributed by atoms with E-state index in [0.29, 0.717) is 5.92 Å². The SMILES string of the molecule is C/C(=N\NC(N)=O)[C@H]1C[C@@H]2CC[C@@H]1C2. The van der Waals surface area contributed by atoms with Crippen molar-refractivity contribution < 1.29 is 4.79 Å². The maximum Gasteiger partial charge on any atom is 0.332 e. The Hall–Kier alpha value is -1.06. The summed E-state index contributed by atoms with van der Waals surface area (Å²) in [7, 11) is 0. The fourth-order valence-corrected chi connectivity index (χ4v) is 2.98. The first-order valence-corrected chi connectivity index (χ1v) is 5.26. The summed E-state index contributed by atoms with van der Waals surface area (Å²) in [5.74, 6) is 2.29. The quantitative estimate of drug-likeness (QED) is 0.508. The van der Waals surface area contributed by atoms with Crippen LogP contribution in [-0.2, 0) is 0 Å². The standard InChI is InChI=1S/C10H17N3O/c1-6(12-13-10(11)14)9-5-7-2-3-8(9)4-7/h7-9H,2-5H2,1H3,(H3,11,13,14)/b12-6+/t7-,8-,9-/m1/s1. The average molecular weight is 195 g/mol. The molecule has 0 aromatic heterocycles. The van der Waals surface area contributed by atoms with Gasteiger partial charge in [-0.25, -0.2) is 10.2 Å². The third-order valence-corrected chi connectivity index (χ3v) is 3.62. The smallest absolute Gasteiger partial charge is 0.332 e. The molecule has 4 nitrogen and oxygen atoms in total. The second-order valence-electron chi connectivity index (χ2n) is 4.51. The normalized spacial score (nSPS) is 36.1. The van der Waals surface area contributed by atoms with Gasteiger partial charge in [-0.2, -0.15) is 5.10 Å². The van der Waals surface area contributed by atoms with E-state index >= 15 is 0 Å². The lowest BCUT2D eigenvalue weighted by Crippen LogP contribution is -2.28. The van der Waals surface area contributed by atoms with E-state index in [9.17, 15) is 4.79 Å². The van der Waals surface area contributed by atoms with Crippen LogP contribution in [0, 0.1) is 17.8 Å². The van der Waals surface area contributed by atoms with E-state index < -0.39 is 6.03 Å². The Bertz CT molecular complexity index is 275. The number of nitrogens with one attached hydrogen (secondary N) is 1. The first kappa shape index (κ1) is 9.49. The molecule has 0 spiro atoms. The molecule has 14 heavy (non-hydrogen) atoms. The molecule has 2 aliphatic carbocycles. The van der Waals surface area contributed by atoms with Gasteiger partial charge < -0.3 is 5.73 Å². The summed E-state index contributed by atoms with van der Waals surface area (Å²) >= 11 is 0. The van der Waals surface area contributed by atoms with Gasteiger partial charge in [0.2, 0.25) is 0 Å². The summed E-state index contributed by atoms with van der Waals surface area (Å²) in [6, 6.07) is -0.576. The predicted octanol–water partition coefficient (Wildman–Crippen LogP) is 1.47. The zero-order chi connectivity index (χ0) is 10.1. The number of carbonyl (C=O) groups is 1. The predicted molar refractivity (Wildman–Crippen MR) is 54.8 cm³/mol. The Balaban J connectivity index is 1.95. The molecular weight excluding hydrogens is 178 g/mol. The lowest BCUT2D eigenvalue weighted by atomic mass is 9.86. The third kappa shape index (κ3) is 1.74. The van der Waals surface area contributed by atoms with E-state index in [-0.39, 0.29) is 0 Å². The fraction of sp³-hybridized carbons (Fsp3) is 0.800. The number of hydrazone groups is 1. The van der Waals surface area contributed by atoms with E-state index in [4.69, 9.17) is 5.73 Å². The van der Waals surface area contributed by atoms with Gasteiger partial charge in [0, 0.05) is 11.6 Å². The monoisotopic (exact) mass is 195 g/mol. The minimum Gasteiger partial charge on any atom is -0.350 e. The average Bonchev–Trinajstić information content (AvgIpc) is 2.74. The van der Waals surface area contributed by atoms with Crippen molar-refractivity contribution >= 4 is 11.7 Å². The number of primary amides is 1. The first-order valence-electron chi connectivity index (χ1n) is 5.26. The highest BCUT2D eigenvalue weighted by Crippen LogP contribution is 2.48. The van der Waals surface area contributed by atoms with Crippen LogP contribution in [0.25, 0.3) is 0 Å². The van der Waals surface area contributed by atoms with Crippen LogP contribution in [0.15, 0.2) is 5.10 Å². The molecule has 2 rings (SSSR count). The van der Waals surface area contributed by atoms with Gasteiger partial charge in [-0.15, -0.1) is 0 Å². The molecule has 2 amide bonds. The van der Waals surface area contributed by atoms with Gasteiger partial charge in [-0.1, -0.05) is 6.42 Å². The number of nitrogens with two attached hydrogens (primary N) is 1. The summed E-state index contributed by atoms with van der Waals surface area (Å²) in [4.78, 5) is 10.5. The summed E-state index contributed by atoms with van der Waals surface area (Å²) < 4.78 is 0. The molecular formula is C10H17N3O. The largest absolute Gasteiger partial charge is 0.350 e. The van der Waals surface area contributed by atoms with Crippen LogP contribution < -0.4 is 11.2 Å². The highest BCUT2D eigenvalue weighted by atomic mass is 16.2. The molecule has 0 aromatic rings. The fourth-order valence-electron chi connectivity index (χ4n) is 2.98. The second-order valence-corrected chi connectivity index (χ2v) is 4.51. The molecule has 2 fully saturated rings. The second kappa shape index (κ2) is 3.59. The Morgan fingerprint density at radius 1 is 1.43 bits per heavy atom. The van der Waals surface area contributed by atoms with Gasteiger partial charge in [0.15, 0.2) is 0 Å². The molecule has 0 saturated heterocycles. The lowest BCUT2D eigenvalue weighted by Gasteiger charge is -2.20. The number of carbonyl (C=O) groups excluding carboxylic acids is 1. The molecule has 0 heterocycles. The minimum atomic E-state index is -0.576. The topological polar surface area (TPSA) is 67.5 Å². The van der Waals surface area contributed by atoms with E-state index in [2.05, 4.69) is 10.5 Å². The molecule has 2 aliphatic rings. The third-order valence-electron chi connectivity index (χ3n) is 3.62. The van der Waals surface area contributed by atoms with Crippen LogP contribution in [0.3, 0.4) is 0 Å². The van der Waals surface area contributed by atoms with Crippen LogP contribution in [0.4, 0.5) is 4.79 Å². The number of urea groups is 1. The Labute approximate surface area is 83.9 Å². The van der Waals surface area contributed by atoms with E-state index in [1.165, 1.54) is 25.7 Å². The molecule has 2 saturated carbocycles. The number of nitrogens with zero attached hydrogens (tertiary/aromatic N) is 1. The molecule has 2 bridgehead atoms. The van der Waals surface area contributed by atoms with E-state index in [0.717, 1.165) is 17.5 Å². The van der Waals surface area contributed by atoms with Crippen molar-refractivity contribution in [1.82, 2.24) is 5.43 Å². The maximum absolute atomic E-state index is 10.5. The van der Waals surface area contributed by atoms with Crippen LogP contribution in [0.2, 0.25) is 0 Å². The molecule has 4 heteroatoms. The molecule has 0 unspecified atom stereocenters. The molecule has 0 aromatic carbocycles. The molecule has 3 atom stereocenters. The maximum atomic E-state index is 10.5. The van der Waals surface area contributed by atoms with Crippen LogP contribution in [0.5, 0.6) is 0 Å². The first-order chi connectivity index (χ1) is 6.66. The van der Waals surface area contributed by atoms with Crippen molar-refractivity contribution in [1.29, 1.82) is 0 Å². The van der Waals surface area contributed by atoms with Crippen molar-refractivity contribution in [3.8, 4) is 0 Å². The Kier molecular flexibility index (Phi) is 2.44. The van der Waals surface area contributed by atoms with Crippen molar-refractivity contribution in [2.24, 2.45) is 28.6 Å². The molecule has 3 N–H and O–H groups in total. The van der Waals surface area contributed by atoms with Crippen LogP contribution in [-0.4, -0.2) is 11.7 Å². The Morgan fingerprint density at radius 3 is 2.71 bits per heavy atom. The van der Waals surface area contributed by atoms with Gasteiger partial charge >= 0.3 is 6.03 Å². The summed E-state index contributed by atoms with van der Waals surface area (Å²) in [6.45, 7) is 1.99. The van der Waals surface area contributed by atoms with E-state index in [1.54, 1.807) is 0 Å². The summed E-state index contributed by atoms with van der Waals surface area (Å²) in [5, 5.41) is 4.02. The highest BCUT2D eigenvalue weighted by molar-refractivity contribution is 5.86. The number of rotatable bonds is 2. The zero-order valence-electron chi connectivity index (χ0n) is 8.49. The van der Waals surface area contributed by atoms with Gasteiger partial charge in [0.1, 0.15) is 0 Å². The van der Waals surface area contributed by atoms with Gasteiger partial charge in [-0.3, -0.25) is 0 Å². The number of fused-ring (bicyclic) bond motifs is 2. The van der Waals surface area contributed by atoms with Gasteiger partial charge in [0.05, 0.1) is 0 Å². The lowest BCUT2D eigenvalue weighted by molar-refractivity contribution is 0.249. The van der Waals surface area contributed by atoms with Crippen LogP contribution in [0.1, 0.15) is 32.6 Å². The van der Waals surface area contributed by atoms with Gasteiger partial charge in [-0.05, 0) is 38.0 Å². The molecule has 0 radical (unpaired) electrons. The number of hydrogen-bond acceptors (Lipinski definition) is 2. The van der Waals surface area contributed by atoms with Crippen molar-refractivity contribution in [2.45, 2.75) is 32.6 Å².